The molecule has 1 spiro atoms. The van der Waals surface area contributed by atoms with Crippen molar-refractivity contribution in [2.24, 2.45) is 0 Å². The van der Waals surface area contributed by atoms with Gasteiger partial charge in [-0.3, -0.25) is 19.8 Å². The van der Waals surface area contributed by atoms with Crippen LogP contribution in [0.1, 0.15) is 42.5 Å². The van der Waals surface area contributed by atoms with E-state index in [0.29, 0.717) is 17.9 Å². The van der Waals surface area contributed by atoms with E-state index in [4.69, 9.17) is 0 Å². The summed E-state index contributed by atoms with van der Waals surface area (Å²) in [7, 11) is -0.971. The lowest BCUT2D eigenvalue weighted by molar-refractivity contribution is -0.139. The minimum Gasteiger partial charge on any atom is -0.343 e. The van der Waals surface area contributed by atoms with Gasteiger partial charge < -0.3 is 10.6 Å². The number of hydrazine groups is 1. The maximum Gasteiger partial charge on any atom is 0.344 e. The molecule has 1 heterocycles. The molecule has 31 heavy (non-hydrogen) atoms. The van der Waals surface area contributed by atoms with Crippen LogP contribution in [-0.4, -0.2) is 67.7 Å². The Balaban J connectivity index is 1.59. The second-order valence-corrected chi connectivity index (χ2v) is 9.90. The van der Waals surface area contributed by atoms with Crippen molar-refractivity contribution in [2.45, 2.75) is 42.5 Å². The average Bonchev–Trinajstić information content (AvgIpc) is 2.96. The van der Waals surface area contributed by atoms with E-state index in [1.165, 1.54) is 38.4 Å². The van der Waals surface area contributed by atoms with Crippen LogP contribution >= 0.6 is 0 Å². The number of carbonyl (C=O) groups excluding carboxylic acids is 4. The molecule has 0 aromatic heterocycles. The largest absolute Gasteiger partial charge is 0.344 e. The third-order valence-corrected chi connectivity index (χ3v) is 7.20. The van der Waals surface area contributed by atoms with Crippen LogP contribution in [-0.2, 0) is 19.6 Å². The third-order valence-electron chi connectivity index (χ3n) is 5.39. The molecule has 1 saturated heterocycles. The van der Waals surface area contributed by atoms with E-state index in [1.54, 1.807) is 0 Å². The lowest BCUT2D eigenvalue weighted by Gasteiger charge is -2.30. The standard InChI is InChI=1S/C19H25N5O6S/c1-23(2)31(29,30)14-8-6-7-13(11-14)16(26)20-12-15(25)22-24-17(27)19(21-18(24)28)9-4-3-5-10-19/h6-8,11H,3-5,9-10,12H2,1-2H3,(H,20,26)(H,21,28)(H,22,25). The molecular formula is C19H25N5O6S. The fourth-order valence-corrected chi connectivity index (χ4v) is 4.60. The summed E-state index contributed by atoms with van der Waals surface area (Å²) in [6.07, 6.45) is 3.65. The molecule has 2 fully saturated rings. The van der Waals surface area contributed by atoms with Crippen molar-refractivity contribution in [1.29, 1.82) is 0 Å². The molecule has 1 saturated carbocycles. The van der Waals surface area contributed by atoms with Crippen LogP contribution < -0.4 is 16.1 Å². The molecule has 0 unspecified atom stereocenters. The number of nitrogens with zero attached hydrogens (tertiary/aromatic N) is 2. The summed E-state index contributed by atoms with van der Waals surface area (Å²) in [5.41, 5.74) is 1.30. The van der Waals surface area contributed by atoms with Crippen LogP contribution in [0.25, 0.3) is 0 Å². The molecule has 3 rings (SSSR count). The molecule has 1 aromatic rings. The van der Waals surface area contributed by atoms with Gasteiger partial charge in [0.2, 0.25) is 10.0 Å². The van der Waals surface area contributed by atoms with Gasteiger partial charge in [-0.15, -0.1) is 0 Å². The van der Waals surface area contributed by atoms with Crippen molar-refractivity contribution in [3.63, 3.8) is 0 Å². The van der Waals surface area contributed by atoms with Crippen LogP contribution in [0.15, 0.2) is 29.2 Å². The number of hydrogen-bond acceptors (Lipinski definition) is 6. The highest BCUT2D eigenvalue weighted by Gasteiger charge is 2.52. The highest BCUT2D eigenvalue weighted by Crippen LogP contribution is 2.32. The van der Waals surface area contributed by atoms with Crippen molar-refractivity contribution in [3.8, 4) is 0 Å². The summed E-state index contributed by atoms with van der Waals surface area (Å²) in [5, 5.41) is 5.68. The van der Waals surface area contributed by atoms with E-state index >= 15 is 0 Å². The van der Waals surface area contributed by atoms with Gasteiger partial charge in [-0.05, 0) is 31.0 Å². The Morgan fingerprint density at radius 1 is 1.16 bits per heavy atom. The first kappa shape index (κ1) is 22.7. The fourth-order valence-electron chi connectivity index (χ4n) is 3.65. The van der Waals surface area contributed by atoms with Crippen LogP contribution in [0.5, 0.6) is 0 Å². The molecule has 1 aliphatic carbocycles. The van der Waals surface area contributed by atoms with Crippen LogP contribution in [0, 0.1) is 0 Å². The van der Waals surface area contributed by atoms with Gasteiger partial charge in [0.05, 0.1) is 11.4 Å². The average molecular weight is 452 g/mol. The monoisotopic (exact) mass is 451 g/mol. The van der Waals surface area contributed by atoms with Crippen LogP contribution in [0.4, 0.5) is 4.79 Å². The third kappa shape index (κ3) is 4.54. The van der Waals surface area contributed by atoms with Crippen molar-refractivity contribution < 1.29 is 27.6 Å². The molecule has 12 heteroatoms. The highest BCUT2D eigenvalue weighted by atomic mass is 32.2. The summed E-state index contributed by atoms with van der Waals surface area (Å²) in [5.74, 6) is -1.94. The molecular weight excluding hydrogens is 426 g/mol. The Morgan fingerprint density at radius 3 is 2.48 bits per heavy atom. The lowest BCUT2D eigenvalue weighted by Crippen LogP contribution is -2.52. The zero-order valence-electron chi connectivity index (χ0n) is 17.3. The van der Waals surface area contributed by atoms with Crippen LogP contribution in [0.3, 0.4) is 0 Å². The molecule has 1 aliphatic heterocycles. The molecule has 0 atom stereocenters. The van der Waals surface area contributed by atoms with Gasteiger partial charge >= 0.3 is 6.03 Å². The fraction of sp³-hybridized carbons (Fsp3) is 0.474. The number of hydrogen-bond donors (Lipinski definition) is 3. The van der Waals surface area contributed by atoms with Gasteiger partial charge in [0.25, 0.3) is 17.7 Å². The summed E-state index contributed by atoms with van der Waals surface area (Å²) in [6, 6.07) is 4.69. The Bertz CT molecular complexity index is 1020. The Labute approximate surface area is 180 Å². The summed E-state index contributed by atoms with van der Waals surface area (Å²) in [4.78, 5) is 49.3. The molecule has 2 aliphatic rings. The van der Waals surface area contributed by atoms with Crippen molar-refractivity contribution in [3.05, 3.63) is 29.8 Å². The van der Waals surface area contributed by atoms with Gasteiger partial charge in [0.15, 0.2) is 0 Å². The quantitative estimate of drug-likeness (QED) is 0.517. The summed E-state index contributed by atoms with van der Waals surface area (Å²) in [6.45, 7) is -0.506. The van der Waals surface area contributed by atoms with E-state index in [2.05, 4.69) is 16.1 Å². The minimum atomic E-state index is -3.72. The van der Waals surface area contributed by atoms with Crippen molar-refractivity contribution in [2.75, 3.05) is 20.6 Å². The maximum atomic E-state index is 12.7. The first-order valence-electron chi connectivity index (χ1n) is 9.84. The van der Waals surface area contributed by atoms with Gasteiger partial charge in [-0.2, -0.15) is 5.01 Å². The number of benzene rings is 1. The van der Waals surface area contributed by atoms with E-state index in [-0.39, 0.29) is 10.5 Å². The number of urea groups is 1. The second kappa shape index (κ2) is 8.63. The smallest absolute Gasteiger partial charge is 0.343 e. The van der Waals surface area contributed by atoms with Gasteiger partial charge in [-0.25, -0.2) is 17.5 Å². The predicted octanol–water partition coefficient (Wildman–Crippen LogP) is -0.0474. The molecule has 0 bridgehead atoms. The molecule has 11 nitrogen and oxygen atoms in total. The molecule has 3 N–H and O–H groups in total. The normalized spacial score (nSPS) is 18.2. The van der Waals surface area contributed by atoms with Crippen molar-refractivity contribution in [1.82, 2.24) is 25.4 Å². The van der Waals surface area contributed by atoms with Crippen LogP contribution in [0.2, 0.25) is 0 Å². The number of amides is 5. The Hall–Kier alpha value is -2.99. The van der Waals surface area contributed by atoms with Gasteiger partial charge in [-0.1, -0.05) is 25.3 Å². The molecule has 1 aromatic carbocycles. The zero-order valence-corrected chi connectivity index (χ0v) is 18.1. The highest BCUT2D eigenvalue weighted by molar-refractivity contribution is 7.89. The Morgan fingerprint density at radius 2 is 1.84 bits per heavy atom. The molecule has 168 valence electrons. The number of rotatable bonds is 6. The SMILES string of the molecule is CN(C)S(=O)(=O)c1cccc(C(=O)NCC(=O)NN2C(=O)NC3(CCCCC3)C2=O)c1. The molecule has 0 radical (unpaired) electrons. The first-order chi connectivity index (χ1) is 14.6. The van der Waals surface area contributed by atoms with Gasteiger partial charge in [0, 0.05) is 19.7 Å². The number of sulfonamides is 1. The number of imide groups is 1. The minimum absolute atomic E-state index is 0.0480. The summed E-state index contributed by atoms with van der Waals surface area (Å²) < 4.78 is 25.4. The maximum absolute atomic E-state index is 12.7. The van der Waals surface area contributed by atoms with E-state index in [9.17, 15) is 27.6 Å². The van der Waals surface area contributed by atoms with Crippen molar-refractivity contribution >= 4 is 33.8 Å². The lowest BCUT2D eigenvalue weighted by atomic mass is 9.82. The van der Waals surface area contributed by atoms with E-state index in [0.717, 1.165) is 23.6 Å². The Kier molecular flexibility index (Phi) is 6.32. The number of carbonyl (C=O) groups is 4. The predicted molar refractivity (Wildman–Crippen MR) is 109 cm³/mol. The van der Waals surface area contributed by atoms with Gasteiger partial charge in [0.1, 0.15) is 5.54 Å². The molecule has 5 amide bonds. The van der Waals surface area contributed by atoms with E-state index < -0.39 is 45.9 Å². The first-order valence-corrected chi connectivity index (χ1v) is 11.3. The topological polar surface area (TPSA) is 145 Å². The number of nitrogens with one attached hydrogen (secondary N) is 3. The van der Waals surface area contributed by atoms with E-state index in [1.807, 2.05) is 0 Å². The zero-order chi connectivity index (χ0) is 22.8. The second-order valence-electron chi connectivity index (χ2n) is 7.75. The summed E-state index contributed by atoms with van der Waals surface area (Å²) >= 11 is 0.